The van der Waals surface area contributed by atoms with Crippen LogP contribution in [-0.2, 0) is 4.79 Å². The number of carboxylic acid groups (broad SMARTS) is 1. The van der Waals surface area contributed by atoms with Crippen molar-refractivity contribution in [1.29, 1.82) is 0 Å². The highest BCUT2D eigenvalue weighted by molar-refractivity contribution is 5.77. The first kappa shape index (κ1) is 18.4. The molecule has 1 aromatic heterocycles. The molecule has 0 aliphatic heterocycles. The van der Waals surface area contributed by atoms with E-state index < -0.39 is 24.9 Å². The number of alkyl halides is 2. The first-order valence-electron chi connectivity index (χ1n) is 7.86. The van der Waals surface area contributed by atoms with Crippen molar-refractivity contribution in [2.45, 2.75) is 6.43 Å². The van der Waals surface area contributed by atoms with Gasteiger partial charge in [0.15, 0.2) is 12.4 Å². The maximum Gasteiger partial charge on any atom is 0.341 e. The van der Waals surface area contributed by atoms with Gasteiger partial charge in [-0.25, -0.2) is 9.78 Å². The average molecular weight is 375 g/mol. The van der Waals surface area contributed by atoms with Gasteiger partial charge in [0.1, 0.15) is 17.2 Å². The zero-order valence-corrected chi connectivity index (χ0v) is 14.2. The maximum atomic E-state index is 13.1. The van der Waals surface area contributed by atoms with Crippen molar-refractivity contribution in [2.24, 2.45) is 0 Å². The SMILES string of the molecule is COc1ccc(-c2nc(C(F)F)oc2-c2ccc(OCC(=O)O)cc2)cc1. The lowest BCUT2D eigenvalue weighted by atomic mass is 10.1. The van der Waals surface area contributed by atoms with Crippen molar-refractivity contribution in [3.05, 3.63) is 54.4 Å². The van der Waals surface area contributed by atoms with E-state index in [4.69, 9.17) is 19.0 Å². The van der Waals surface area contributed by atoms with Gasteiger partial charge in [-0.3, -0.25) is 0 Å². The monoisotopic (exact) mass is 375 g/mol. The van der Waals surface area contributed by atoms with Crippen LogP contribution in [0.3, 0.4) is 0 Å². The summed E-state index contributed by atoms with van der Waals surface area (Å²) in [6.45, 7) is -0.478. The van der Waals surface area contributed by atoms with Crippen LogP contribution in [0.25, 0.3) is 22.6 Å². The Bertz CT molecular complexity index is 920. The lowest BCUT2D eigenvalue weighted by molar-refractivity contribution is -0.139. The average Bonchev–Trinajstić information content (AvgIpc) is 3.12. The number of carbonyl (C=O) groups is 1. The number of methoxy groups -OCH3 is 1. The summed E-state index contributed by atoms with van der Waals surface area (Å²) in [5, 5.41) is 8.63. The van der Waals surface area contributed by atoms with Crippen LogP contribution < -0.4 is 9.47 Å². The number of carboxylic acids is 1. The third-order valence-electron chi connectivity index (χ3n) is 3.67. The molecular weight excluding hydrogens is 360 g/mol. The highest BCUT2D eigenvalue weighted by Crippen LogP contribution is 2.36. The van der Waals surface area contributed by atoms with Gasteiger partial charge in [-0.15, -0.1) is 0 Å². The molecule has 0 aliphatic carbocycles. The fourth-order valence-electron chi connectivity index (χ4n) is 2.42. The predicted octanol–water partition coefficient (Wildman–Crippen LogP) is 4.42. The van der Waals surface area contributed by atoms with Crippen LogP contribution in [-0.4, -0.2) is 29.8 Å². The lowest BCUT2D eigenvalue weighted by Gasteiger charge is -2.05. The quantitative estimate of drug-likeness (QED) is 0.658. The third-order valence-corrected chi connectivity index (χ3v) is 3.67. The minimum Gasteiger partial charge on any atom is -0.497 e. The van der Waals surface area contributed by atoms with Crippen molar-refractivity contribution in [3.8, 4) is 34.1 Å². The fourth-order valence-corrected chi connectivity index (χ4v) is 2.42. The van der Waals surface area contributed by atoms with Crippen LogP contribution in [0.2, 0.25) is 0 Å². The van der Waals surface area contributed by atoms with Crippen LogP contribution in [0, 0.1) is 0 Å². The van der Waals surface area contributed by atoms with Gasteiger partial charge in [0, 0.05) is 11.1 Å². The number of rotatable bonds is 7. The molecule has 0 unspecified atom stereocenters. The molecule has 0 saturated heterocycles. The first-order valence-corrected chi connectivity index (χ1v) is 7.86. The number of benzene rings is 2. The number of hydrogen-bond donors (Lipinski definition) is 1. The van der Waals surface area contributed by atoms with Gasteiger partial charge in [0.05, 0.1) is 7.11 Å². The van der Waals surface area contributed by atoms with Gasteiger partial charge >= 0.3 is 12.4 Å². The zero-order chi connectivity index (χ0) is 19.4. The van der Waals surface area contributed by atoms with E-state index in [1.165, 1.54) is 19.2 Å². The highest BCUT2D eigenvalue weighted by atomic mass is 19.3. The number of hydrogen-bond acceptors (Lipinski definition) is 5. The van der Waals surface area contributed by atoms with Crippen molar-refractivity contribution in [1.82, 2.24) is 4.98 Å². The Morgan fingerprint density at radius 1 is 1.07 bits per heavy atom. The second-order valence-corrected chi connectivity index (χ2v) is 5.47. The Morgan fingerprint density at radius 2 is 1.67 bits per heavy atom. The van der Waals surface area contributed by atoms with Gasteiger partial charge in [-0.05, 0) is 48.5 Å². The molecule has 2 aromatic carbocycles. The smallest absolute Gasteiger partial charge is 0.341 e. The molecule has 0 radical (unpaired) electrons. The first-order chi connectivity index (χ1) is 13.0. The van der Waals surface area contributed by atoms with E-state index >= 15 is 0 Å². The number of oxazole rings is 1. The van der Waals surface area contributed by atoms with Crippen molar-refractivity contribution >= 4 is 5.97 Å². The molecule has 0 atom stereocenters. The Kier molecular flexibility index (Phi) is 5.35. The summed E-state index contributed by atoms with van der Waals surface area (Å²) in [6.07, 6.45) is -2.85. The molecule has 6 nitrogen and oxygen atoms in total. The third kappa shape index (κ3) is 4.22. The van der Waals surface area contributed by atoms with Gasteiger partial charge in [-0.1, -0.05) is 0 Å². The fraction of sp³-hybridized carbons (Fsp3) is 0.158. The summed E-state index contributed by atoms with van der Waals surface area (Å²) in [4.78, 5) is 14.5. The molecule has 27 heavy (non-hydrogen) atoms. The summed E-state index contributed by atoms with van der Waals surface area (Å²) in [7, 11) is 1.53. The molecule has 0 aliphatic rings. The van der Waals surface area contributed by atoms with E-state index in [-0.39, 0.29) is 11.5 Å². The standard InChI is InChI=1S/C19H15F2NO5/c1-25-13-6-2-11(3-7-13)16-17(27-19(22-16)18(20)21)12-4-8-14(9-5-12)26-10-15(23)24/h2-9,18H,10H2,1H3,(H,23,24). The molecule has 0 amide bonds. The summed E-state index contributed by atoms with van der Waals surface area (Å²) >= 11 is 0. The molecule has 3 rings (SSSR count). The van der Waals surface area contributed by atoms with Crippen LogP contribution in [0.5, 0.6) is 11.5 Å². The molecule has 1 N–H and O–H groups in total. The van der Waals surface area contributed by atoms with Gasteiger partial charge < -0.3 is 19.0 Å². The Hall–Kier alpha value is -3.42. The van der Waals surface area contributed by atoms with E-state index in [1.54, 1.807) is 36.4 Å². The van der Waals surface area contributed by atoms with Gasteiger partial charge in [-0.2, -0.15) is 8.78 Å². The van der Waals surface area contributed by atoms with E-state index in [0.717, 1.165) is 0 Å². The molecule has 0 bridgehead atoms. The topological polar surface area (TPSA) is 81.8 Å². The lowest BCUT2D eigenvalue weighted by Crippen LogP contribution is -2.09. The van der Waals surface area contributed by atoms with E-state index in [1.807, 2.05) is 0 Å². The van der Waals surface area contributed by atoms with Crippen molar-refractivity contribution in [3.63, 3.8) is 0 Å². The van der Waals surface area contributed by atoms with Gasteiger partial charge in [0.2, 0.25) is 0 Å². The number of aliphatic carboxylic acids is 1. The molecule has 0 fully saturated rings. The minimum absolute atomic E-state index is 0.181. The Labute approximate surface area is 153 Å². The normalized spacial score (nSPS) is 10.8. The summed E-state index contributed by atoms with van der Waals surface area (Å²) < 4.78 is 41.6. The van der Waals surface area contributed by atoms with Crippen molar-refractivity contribution < 1.29 is 32.6 Å². The number of nitrogens with zero attached hydrogens (tertiary/aromatic N) is 1. The molecular formula is C19H15F2NO5. The van der Waals surface area contributed by atoms with Gasteiger partial charge in [0.25, 0.3) is 5.89 Å². The number of ether oxygens (including phenoxy) is 2. The summed E-state index contributed by atoms with van der Waals surface area (Å²) in [5.74, 6) is -0.640. The largest absolute Gasteiger partial charge is 0.497 e. The van der Waals surface area contributed by atoms with Crippen LogP contribution in [0.4, 0.5) is 8.78 Å². The van der Waals surface area contributed by atoms with Crippen LogP contribution in [0.15, 0.2) is 52.9 Å². The van der Waals surface area contributed by atoms with Crippen LogP contribution >= 0.6 is 0 Å². The van der Waals surface area contributed by atoms with E-state index in [9.17, 15) is 13.6 Å². The maximum absolute atomic E-state index is 13.1. The Morgan fingerprint density at radius 3 is 2.22 bits per heavy atom. The molecule has 3 aromatic rings. The van der Waals surface area contributed by atoms with E-state index in [0.29, 0.717) is 22.6 Å². The molecule has 1 heterocycles. The van der Waals surface area contributed by atoms with Crippen LogP contribution in [0.1, 0.15) is 12.3 Å². The summed E-state index contributed by atoms with van der Waals surface area (Å²) in [5.41, 5.74) is 1.36. The van der Waals surface area contributed by atoms with Crippen molar-refractivity contribution in [2.75, 3.05) is 13.7 Å². The number of aromatic nitrogens is 1. The second-order valence-electron chi connectivity index (χ2n) is 5.47. The Balaban J connectivity index is 1.97. The zero-order valence-electron chi connectivity index (χ0n) is 14.2. The number of halogens is 2. The molecule has 0 saturated carbocycles. The molecule has 8 heteroatoms. The summed E-state index contributed by atoms with van der Waals surface area (Å²) in [6, 6.07) is 13.0. The molecule has 0 spiro atoms. The van der Waals surface area contributed by atoms with E-state index in [2.05, 4.69) is 4.98 Å². The minimum atomic E-state index is -2.85. The predicted molar refractivity (Wildman–Crippen MR) is 92.0 cm³/mol. The second kappa shape index (κ2) is 7.86. The highest BCUT2D eigenvalue weighted by Gasteiger charge is 2.22. The molecule has 140 valence electrons.